The van der Waals surface area contributed by atoms with Crippen LogP contribution in [-0.2, 0) is 12.8 Å². The summed E-state index contributed by atoms with van der Waals surface area (Å²) in [5.41, 5.74) is 12.1. The number of aryl methyl sites for hydroxylation is 2. The maximum absolute atomic E-state index is 6.39. The minimum absolute atomic E-state index is 0.561. The van der Waals surface area contributed by atoms with Gasteiger partial charge in [0.2, 0.25) is 0 Å². The molecule has 6 aromatic rings. The minimum Gasteiger partial charge on any atom is -0.314 e. The molecule has 178 valence electrons. The van der Waals surface area contributed by atoms with Gasteiger partial charge in [0, 0.05) is 46.3 Å². The Morgan fingerprint density at radius 2 is 0.861 bits per heavy atom. The van der Waals surface area contributed by atoms with Crippen LogP contribution in [0.15, 0.2) is 109 Å². The lowest BCUT2D eigenvalue weighted by atomic mass is 9.93. The van der Waals surface area contributed by atoms with E-state index in [0.717, 1.165) is 12.8 Å². The Morgan fingerprint density at radius 3 is 1.25 bits per heavy atom. The highest BCUT2D eigenvalue weighted by molar-refractivity contribution is 6.18. The molecule has 0 unspecified atom stereocenters. The molecule has 0 saturated heterocycles. The highest BCUT2D eigenvalue weighted by Crippen LogP contribution is 2.46. The average molecular weight is 509 g/mol. The summed E-state index contributed by atoms with van der Waals surface area (Å²) in [7, 11) is 0. The fourth-order valence-electron chi connectivity index (χ4n) is 5.54. The van der Waals surface area contributed by atoms with Crippen molar-refractivity contribution < 1.29 is 0 Å². The van der Waals surface area contributed by atoms with Crippen LogP contribution < -0.4 is 0 Å². The molecule has 0 aliphatic carbocycles. The smallest absolute Gasteiger partial charge is 0.0786 e. The van der Waals surface area contributed by atoms with Crippen molar-refractivity contribution in [2.75, 3.05) is 11.8 Å². The van der Waals surface area contributed by atoms with E-state index in [0.29, 0.717) is 11.8 Å². The molecule has 0 amide bonds. The van der Waals surface area contributed by atoms with Crippen LogP contribution in [0, 0.1) is 0 Å². The van der Waals surface area contributed by atoms with E-state index >= 15 is 0 Å². The maximum atomic E-state index is 6.39. The van der Waals surface area contributed by atoms with Crippen LogP contribution in [-0.4, -0.2) is 20.6 Å². The molecule has 0 bridgehead atoms. The Labute approximate surface area is 221 Å². The third-order valence-electron chi connectivity index (χ3n) is 6.94. The third-order valence-corrected chi connectivity index (χ3v) is 7.31. The number of hydrogen-bond donors (Lipinski definition) is 0. The van der Waals surface area contributed by atoms with Crippen LogP contribution >= 0.6 is 23.2 Å². The summed E-state index contributed by atoms with van der Waals surface area (Å²) in [6.45, 7) is 0. The summed E-state index contributed by atoms with van der Waals surface area (Å²) in [4.78, 5) is 0. The standard InChI is InChI=1S/C32H26Cl2N2/c33-19-17-25-27-15-7-9-21-35(27)31(29(25)23-11-3-1-4-12-23)32-30(24-13-5-2-6-14-24)26(18-20-34)28-16-8-10-22-36(28)32/h1-16,21-22H,17-20H2. The Bertz CT molecular complexity index is 1520. The van der Waals surface area contributed by atoms with E-state index in [1.165, 1.54) is 55.8 Å². The summed E-state index contributed by atoms with van der Waals surface area (Å²) >= 11 is 12.8. The second-order valence-corrected chi connectivity index (χ2v) is 9.68. The van der Waals surface area contributed by atoms with Crippen molar-refractivity contribution in [2.45, 2.75) is 12.8 Å². The first kappa shape index (κ1) is 23.0. The van der Waals surface area contributed by atoms with Crippen molar-refractivity contribution >= 4 is 34.2 Å². The van der Waals surface area contributed by atoms with Gasteiger partial charge in [-0.15, -0.1) is 23.2 Å². The van der Waals surface area contributed by atoms with E-state index in [-0.39, 0.29) is 0 Å². The summed E-state index contributed by atoms with van der Waals surface area (Å²) < 4.78 is 4.69. The quantitative estimate of drug-likeness (QED) is 0.190. The summed E-state index contributed by atoms with van der Waals surface area (Å²) in [6.07, 6.45) is 5.93. The third kappa shape index (κ3) is 3.73. The molecule has 4 heteroatoms. The van der Waals surface area contributed by atoms with Crippen molar-refractivity contribution in [2.24, 2.45) is 0 Å². The fourth-order valence-corrected chi connectivity index (χ4v) is 5.92. The van der Waals surface area contributed by atoms with Crippen LogP contribution in [0.2, 0.25) is 0 Å². The summed E-state index contributed by atoms with van der Waals surface area (Å²) in [6, 6.07) is 34.2. The molecule has 2 aromatic carbocycles. The monoisotopic (exact) mass is 508 g/mol. The van der Waals surface area contributed by atoms with E-state index in [4.69, 9.17) is 23.2 Å². The zero-order chi connectivity index (χ0) is 24.5. The molecular weight excluding hydrogens is 483 g/mol. The van der Waals surface area contributed by atoms with E-state index in [9.17, 15) is 0 Å². The number of rotatable bonds is 7. The molecule has 0 aliphatic rings. The number of pyridine rings is 2. The van der Waals surface area contributed by atoms with E-state index < -0.39 is 0 Å². The lowest BCUT2D eigenvalue weighted by Crippen LogP contribution is -1.96. The molecule has 4 aromatic heterocycles. The molecule has 0 saturated carbocycles. The predicted octanol–water partition coefficient (Wildman–Crippen LogP) is 8.76. The normalized spacial score (nSPS) is 11.5. The molecule has 0 fully saturated rings. The molecule has 0 spiro atoms. The number of halogens is 2. The SMILES string of the molecule is ClCCc1c(-c2ccccc2)c(-c2c(-c3ccccc3)c(CCCl)c3ccccn23)n2ccccc12. The van der Waals surface area contributed by atoms with Gasteiger partial charge in [0.05, 0.1) is 11.4 Å². The van der Waals surface area contributed by atoms with Gasteiger partial charge in [0.15, 0.2) is 0 Å². The van der Waals surface area contributed by atoms with Gasteiger partial charge in [-0.3, -0.25) is 0 Å². The van der Waals surface area contributed by atoms with Crippen LogP contribution in [0.5, 0.6) is 0 Å². The molecule has 4 heterocycles. The van der Waals surface area contributed by atoms with Crippen LogP contribution in [0.25, 0.3) is 44.7 Å². The molecule has 2 nitrogen and oxygen atoms in total. The van der Waals surface area contributed by atoms with Crippen molar-refractivity contribution in [1.82, 2.24) is 8.80 Å². The molecule has 0 aliphatic heterocycles. The van der Waals surface area contributed by atoms with Crippen molar-refractivity contribution in [3.8, 4) is 33.6 Å². The average Bonchev–Trinajstić information content (AvgIpc) is 3.43. The van der Waals surface area contributed by atoms with Gasteiger partial charge in [0.1, 0.15) is 0 Å². The molecule has 0 atom stereocenters. The fraction of sp³-hybridized carbons (Fsp3) is 0.125. The van der Waals surface area contributed by atoms with Gasteiger partial charge >= 0.3 is 0 Å². The summed E-state index contributed by atoms with van der Waals surface area (Å²) in [5.74, 6) is 1.12. The zero-order valence-electron chi connectivity index (χ0n) is 19.9. The van der Waals surface area contributed by atoms with Crippen molar-refractivity contribution in [1.29, 1.82) is 0 Å². The van der Waals surface area contributed by atoms with Gasteiger partial charge in [0.25, 0.3) is 0 Å². The van der Waals surface area contributed by atoms with Gasteiger partial charge in [-0.05, 0) is 59.4 Å². The van der Waals surface area contributed by atoms with Gasteiger partial charge in [-0.2, -0.15) is 0 Å². The first-order chi connectivity index (χ1) is 17.8. The van der Waals surface area contributed by atoms with Crippen molar-refractivity contribution in [3.05, 3.63) is 121 Å². The highest BCUT2D eigenvalue weighted by Gasteiger charge is 2.27. The highest BCUT2D eigenvalue weighted by atomic mass is 35.5. The number of nitrogens with zero attached hydrogens (tertiary/aromatic N) is 2. The van der Waals surface area contributed by atoms with Gasteiger partial charge < -0.3 is 8.80 Å². The van der Waals surface area contributed by atoms with Gasteiger partial charge in [-0.1, -0.05) is 72.8 Å². The van der Waals surface area contributed by atoms with Crippen molar-refractivity contribution in [3.63, 3.8) is 0 Å². The zero-order valence-corrected chi connectivity index (χ0v) is 21.4. The lowest BCUT2D eigenvalue weighted by molar-refractivity contribution is 1.13. The molecule has 36 heavy (non-hydrogen) atoms. The molecular formula is C32H26Cl2N2. The van der Waals surface area contributed by atoms with Crippen LogP contribution in [0.4, 0.5) is 0 Å². The second kappa shape index (κ2) is 9.89. The van der Waals surface area contributed by atoms with Gasteiger partial charge in [-0.25, -0.2) is 0 Å². The predicted molar refractivity (Wildman–Crippen MR) is 154 cm³/mol. The number of hydrogen-bond acceptors (Lipinski definition) is 0. The molecule has 0 radical (unpaired) electrons. The largest absolute Gasteiger partial charge is 0.314 e. The van der Waals surface area contributed by atoms with Crippen LogP contribution in [0.1, 0.15) is 11.1 Å². The number of benzene rings is 2. The van der Waals surface area contributed by atoms with E-state index in [1.54, 1.807) is 0 Å². The molecule has 6 rings (SSSR count). The number of aromatic nitrogens is 2. The Hall–Kier alpha value is -3.46. The topological polar surface area (TPSA) is 8.82 Å². The lowest BCUT2D eigenvalue weighted by Gasteiger charge is -2.13. The molecule has 0 N–H and O–H groups in total. The van der Waals surface area contributed by atoms with E-state index in [2.05, 4.69) is 118 Å². The Balaban J connectivity index is 1.84. The minimum atomic E-state index is 0.561. The first-order valence-electron chi connectivity index (χ1n) is 12.3. The Kier molecular flexibility index (Phi) is 6.31. The first-order valence-corrected chi connectivity index (χ1v) is 13.4. The second-order valence-electron chi connectivity index (χ2n) is 8.93. The van der Waals surface area contributed by atoms with Crippen LogP contribution in [0.3, 0.4) is 0 Å². The van der Waals surface area contributed by atoms with E-state index in [1.807, 2.05) is 0 Å². The number of alkyl halides is 2. The number of fused-ring (bicyclic) bond motifs is 2. The summed E-state index contributed by atoms with van der Waals surface area (Å²) in [5, 5.41) is 0. The maximum Gasteiger partial charge on any atom is 0.0786 e. The Morgan fingerprint density at radius 1 is 0.472 bits per heavy atom.